The summed E-state index contributed by atoms with van der Waals surface area (Å²) in [6, 6.07) is 6.28. The van der Waals surface area contributed by atoms with Gasteiger partial charge < -0.3 is 10.2 Å². The van der Waals surface area contributed by atoms with Crippen LogP contribution in [0.25, 0.3) is 10.6 Å². The summed E-state index contributed by atoms with van der Waals surface area (Å²) >= 11 is 1.40. The van der Waals surface area contributed by atoms with E-state index in [2.05, 4.69) is 16.2 Å². The lowest BCUT2D eigenvalue weighted by atomic mass is 10.2. The summed E-state index contributed by atoms with van der Waals surface area (Å²) in [4.78, 5) is 32.9. The molecule has 0 aliphatic carbocycles. The highest BCUT2D eigenvalue weighted by atomic mass is 32.1. The van der Waals surface area contributed by atoms with Gasteiger partial charge in [0.2, 0.25) is 11.8 Å². The lowest BCUT2D eigenvalue weighted by molar-refractivity contribution is -0.130. The van der Waals surface area contributed by atoms with Gasteiger partial charge in [0.25, 0.3) is 0 Å². The average Bonchev–Trinajstić information content (AvgIpc) is 3.04. The van der Waals surface area contributed by atoms with Crippen molar-refractivity contribution in [2.75, 3.05) is 39.3 Å². The first-order valence-electron chi connectivity index (χ1n) is 9.46. The van der Waals surface area contributed by atoms with Crippen molar-refractivity contribution < 1.29 is 14.0 Å². The molecular weight excluding hydrogens is 391 g/mol. The van der Waals surface area contributed by atoms with E-state index in [1.54, 1.807) is 12.1 Å². The third kappa shape index (κ3) is 6.11. The quantitative estimate of drug-likeness (QED) is 0.732. The van der Waals surface area contributed by atoms with Crippen molar-refractivity contribution in [1.29, 1.82) is 0 Å². The molecule has 2 heterocycles. The lowest BCUT2D eigenvalue weighted by Crippen LogP contribution is -2.40. The number of amides is 2. The van der Waals surface area contributed by atoms with Crippen LogP contribution in [-0.2, 0) is 16.0 Å². The number of rotatable bonds is 6. The SMILES string of the molecule is C#CCNC(=O)CN1CCCN(C(=O)Cc2csc(-c3cccc(F)c3)n2)CC1. The normalized spacial score (nSPS) is 14.8. The second kappa shape index (κ2) is 10.1. The van der Waals surface area contributed by atoms with Crippen LogP contribution in [-0.4, -0.2) is 65.9 Å². The Hall–Kier alpha value is -2.76. The molecule has 1 aliphatic heterocycles. The minimum Gasteiger partial charge on any atom is -0.344 e. The summed E-state index contributed by atoms with van der Waals surface area (Å²) in [5.41, 5.74) is 1.40. The van der Waals surface area contributed by atoms with E-state index < -0.39 is 0 Å². The maximum atomic E-state index is 13.4. The first-order chi connectivity index (χ1) is 14.0. The standard InChI is InChI=1S/C21H23FN4O2S/c1-2-7-23-19(27)14-25-8-4-9-26(11-10-25)20(28)13-18-15-29-21(24-18)16-5-3-6-17(22)12-16/h1,3,5-6,12,15H,4,7-11,13-14H2,(H,23,27). The smallest absolute Gasteiger partial charge is 0.234 e. The van der Waals surface area contributed by atoms with Crippen molar-refractivity contribution in [2.45, 2.75) is 12.8 Å². The highest BCUT2D eigenvalue weighted by Gasteiger charge is 2.21. The predicted molar refractivity (Wildman–Crippen MR) is 111 cm³/mol. The Morgan fingerprint density at radius 2 is 2.14 bits per heavy atom. The fourth-order valence-corrected chi connectivity index (χ4v) is 4.01. The molecular formula is C21H23FN4O2S. The van der Waals surface area contributed by atoms with Crippen molar-refractivity contribution in [3.05, 3.63) is 41.2 Å². The van der Waals surface area contributed by atoms with Crippen LogP contribution in [0.3, 0.4) is 0 Å². The number of aromatic nitrogens is 1. The number of hydrogen-bond donors (Lipinski definition) is 1. The van der Waals surface area contributed by atoms with Crippen molar-refractivity contribution in [1.82, 2.24) is 20.1 Å². The van der Waals surface area contributed by atoms with E-state index in [9.17, 15) is 14.0 Å². The molecule has 1 aromatic carbocycles. The third-order valence-corrected chi connectivity index (χ3v) is 5.59. The molecule has 152 valence electrons. The molecule has 3 rings (SSSR count). The van der Waals surface area contributed by atoms with Crippen LogP contribution in [0.1, 0.15) is 12.1 Å². The second-order valence-corrected chi connectivity index (χ2v) is 7.68. The molecule has 0 bridgehead atoms. The molecule has 0 radical (unpaired) electrons. The van der Waals surface area contributed by atoms with Gasteiger partial charge in [0, 0.05) is 37.1 Å². The fourth-order valence-electron chi connectivity index (χ4n) is 3.20. The van der Waals surface area contributed by atoms with Gasteiger partial charge in [-0.2, -0.15) is 0 Å². The van der Waals surface area contributed by atoms with Crippen LogP contribution in [0, 0.1) is 18.2 Å². The van der Waals surface area contributed by atoms with Gasteiger partial charge >= 0.3 is 0 Å². The maximum Gasteiger partial charge on any atom is 0.234 e. The van der Waals surface area contributed by atoms with Gasteiger partial charge in [0.1, 0.15) is 10.8 Å². The Kier molecular flexibility index (Phi) is 7.33. The first-order valence-corrected chi connectivity index (χ1v) is 10.3. The van der Waals surface area contributed by atoms with Crippen molar-refractivity contribution >= 4 is 23.2 Å². The molecule has 8 heteroatoms. The van der Waals surface area contributed by atoms with Crippen LogP contribution >= 0.6 is 11.3 Å². The monoisotopic (exact) mass is 414 g/mol. The van der Waals surface area contributed by atoms with Crippen LogP contribution in [0.5, 0.6) is 0 Å². The van der Waals surface area contributed by atoms with E-state index >= 15 is 0 Å². The molecule has 1 aliphatic rings. The zero-order chi connectivity index (χ0) is 20.6. The molecule has 2 aromatic rings. The Bertz CT molecular complexity index is 908. The van der Waals surface area contributed by atoms with Gasteiger partial charge in [0.15, 0.2) is 0 Å². The second-order valence-electron chi connectivity index (χ2n) is 6.82. The van der Waals surface area contributed by atoms with Gasteiger partial charge in [-0.25, -0.2) is 9.37 Å². The van der Waals surface area contributed by atoms with Gasteiger partial charge in [-0.3, -0.25) is 14.5 Å². The van der Waals surface area contributed by atoms with Crippen molar-refractivity contribution in [3.8, 4) is 22.9 Å². The van der Waals surface area contributed by atoms with E-state index in [4.69, 9.17) is 6.42 Å². The highest BCUT2D eigenvalue weighted by Crippen LogP contribution is 2.24. The van der Waals surface area contributed by atoms with Gasteiger partial charge in [-0.15, -0.1) is 17.8 Å². The van der Waals surface area contributed by atoms with E-state index in [1.807, 2.05) is 15.2 Å². The van der Waals surface area contributed by atoms with Crippen molar-refractivity contribution in [2.24, 2.45) is 0 Å². The van der Waals surface area contributed by atoms with E-state index in [0.717, 1.165) is 13.0 Å². The summed E-state index contributed by atoms with van der Waals surface area (Å²) in [7, 11) is 0. The molecule has 0 saturated carbocycles. The maximum absolute atomic E-state index is 13.4. The van der Waals surface area contributed by atoms with Gasteiger partial charge in [-0.1, -0.05) is 18.1 Å². The van der Waals surface area contributed by atoms with E-state index in [0.29, 0.717) is 35.9 Å². The number of nitrogens with zero attached hydrogens (tertiary/aromatic N) is 3. The van der Waals surface area contributed by atoms with E-state index in [1.165, 1.54) is 23.5 Å². The van der Waals surface area contributed by atoms with E-state index in [-0.39, 0.29) is 37.1 Å². The summed E-state index contributed by atoms with van der Waals surface area (Å²) in [5.74, 6) is 1.99. The van der Waals surface area contributed by atoms with Crippen LogP contribution in [0.15, 0.2) is 29.6 Å². The largest absolute Gasteiger partial charge is 0.344 e. The Balaban J connectivity index is 1.52. The van der Waals surface area contributed by atoms with Gasteiger partial charge in [0.05, 0.1) is 25.2 Å². The number of halogens is 1. The minimum absolute atomic E-state index is 0.0136. The molecule has 1 saturated heterocycles. The summed E-state index contributed by atoms with van der Waals surface area (Å²) in [5, 5.41) is 5.20. The summed E-state index contributed by atoms with van der Waals surface area (Å²) < 4.78 is 13.4. The summed E-state index contributed by atoms with van der Waals surface area (Å²) in [6.07, 6.45) is 6.17. The Morgan fingerprint density at radius 3 is 2.93 bits per heavy atom. The third-order valence-electron chi connectivity index (χ3n) is 4.65. The number of terminal acetylenes is 1. The molecule has 0 spiro atoms. The molecule has 0 unspecified atom stereocenters. The zero-order valence-corrected chi connectivity index (χ0v) is 16.9. The zero-order valence-electron chi connectivity index (χ0n) is 16.1. The topological polar surface area (TPSA) is 65.5 Å². The number of carbonyl (C=O) groups is 2. The van der Waals surface area contributed by atoms with Crippen LogP contribution < -0.4 is 5.32 Å². The minimum atomic E-state index is -0.308. The summed E-state index contributed by atoms with van der Waals surface area (Å²) in [6.45, 7) is 3.13. The molecule has 2 amide bonds. The molecule has 1 N–H and O–H groups in total. The number of nitrogens with one attached hydrogen (secondary N) is 1. The molecule has 1 aromatic heterocycles. The fraction of sp³-hybridized carbons (Fsp3) is 0.381. The number of benzene rings is 1. The van der Waals surface area contributed by atoms with Gasteiger partial charge in [-0.05, 0) is 18.6 Å². The number of thiazole rings is 1. The molecule has 6 nitrogen and oxygen atoms in total. The molecule has 1 fully saturated rings. The number of carbonyl (C=O) groups excluding carboxylic acids is 2. The Morgan fingerprint density at radius 1 is 1.28 bits per heavy atom. The van der Waals surface area contributed by atoms with Crippen LogP contribution in [0.4, 0.5) is 4.39 Å². The molecule has 0 atom stereocenters. The lowest BCUT2D eigenvalue weighted by Gasteiger charge is -2.21. The number of hydrogen-bond acceptors (Lipinski definition) is 5. The Labute approximate surface area is 173 Å². The van der Waals surface area contributed by atoms with Crippen molar-refractivity contribution in [3.63, 3.8) is 0 Å². The first kappa shape index (κ1) is 21.0. The van der Waals surface area contributed by atoms with Crippen LogP contribution in [0.2, 0.25) is 0 Å². The highest BCUT2D eigenvalue weighted by molar-refractivity contribution is 7.13. The predicted octanol–water partition coefficient (Wildman–Crippen LogP) is 1.78. The average molecular weight is 415 g/mol. The molecule has 29 heavy (non-hydrogen) atoms.